The molecular weight excluding hydrogens is 460 g/mol. The molecular formula is C27H24N4O5. The van der Waals surface area contributed by atoms with Crippen molar-refractivity contribution in [2.24, 2.45) is 0 Å². The molecule has 0 fully saturated rings. The fraction of sp³-hybridized carbons (Fsp3) is 0.111. The van der Waals surface area contributed by atoms with E-state index in [4.69, 9.17) is 9.63 Å². The van der Waals surface area contributed by atoms with Crippen LogP contribution in [0.25, 0.3) is 11.3 Å². The number of aryl methyl sites for hydroxylation is 1. The number of nitrogens with zero attached hydrogens (tertiary/aromatic N) is 2. The summed E-state index contributed by atoms with van der Waals surface area (Å²) in [5.74, 6) is -1.56. The highest BCUT2D eigenvalue weighted by atomic mass is 16.5. The zero-order valence-electron chi connectivity index (χ0n) is 19.5. The van der Waals surface area contributed by atoms with Gasteiger partial charge in [-0.15, -0.1) is 0 Å². The van der Waals surface area contributed by atoms with E-state index < -0.39 is 17.9 Å². The van der Waals surface area contributed by atoms with Crippen molar-refractivity contribution >= 4 is 35.0 Å². The van der Waals surface area contributed by atoms with Crippen LogP contribution in [0, 0.1) is 6.92 Å². The molecule has 9 nitrogen and oxygen atoms in total. The molecule has 3 aromatic carbocycles. The van der Waals surface area contributed by atoms with E-state index in [1.807, 2.05) is 31.2 Å². The van der Waals surface area contributed by atoms with Crippen LogP contribution < -0.4 is 15.5 Å². The third-order valence-corrected chi connectivity index (χ3v) is 5.31. The molecule has 0 aliphatic heterocycles. The second-order valence-electron chi connectivity index (χ2n) is 8.04. The van der Waals surface area contributed by atoms with E-state index in [2.05, 4.69) is 15.8 Å². The van der Waals surface area contributed by atoms with Gasteiger partial charge in [0, 0.05) is 35.2 Å². The van der Waals surface area contributed by atoms with Gasteiger partial charge in [-0.25, -0.2) is 4.79 Å². The SMILES string of the molecule is Cc1ccc(NC(=O)Nc2cccc(-c3cc(C(=O)N(CCC(=O)O)c4ccccc4)on3)c2)cc1. The fourth-order valence-electron chi connectivity index (χ4n) is 3.49. The number of urea groups is 1. The minimum Gasteiger partial charge on any atom is -0.481 e. The van der Waals surface area contributed by atoms with Crippen molar-refractivity contribution in [3.63, 3.8) is 0 Å². The maximum atomic E-state index is 13.1. The molecule has 0 saturated carbocycles. The van der Waals surface area contributed by atoms with Gasteiger partial charge in [-0.2, -0.15) is 0 Å². The maximum Gasteiger partial charge on any atom is 0.323 e. The van der Waals surface area contributed by atoms with Gasteiger partial charge in [-0.1, -0.05) is 53.2 Å². The zero-order chi connectivity index (χ0) is 25.5. The van der Waals surface area contributed by atoms with Gasteiger partial charge in [0.15, 0.2) is 0 Å². The molecule has 0 saturated heterocycles. The van der Waals surface area contributed by atoms with E-state index >= 15 is 0 Å². The first-order chi connectivity index (χ1) is 17.4. The average Bonchev–Trinajstić information content (AvgIpc) is 3.37. The van der Waals surface area contributed by atoms with E-state index in [1.165, 1.54) is 11.0 Å². The average molecular weight is 485 g/mol. The predicted molar refractivity (Wildman–Crippen MR) is 136 cm³/mol. The maximum absolute atomic E-state index is 13.1. The van der Waals surface area contributed by atoms with Crippen LogP contribution in [0.15, 0.2) is 89.5 Å². The van der Waals surface area contributed by atoms with Crippen LogP contribution in [0.3, 0.4) is 0 Å². The van der Waals surface area contributed by atoms with Gasteiger partial charge >= 0.3 is 12.0 Å². The summed E-state index contributed by atoms with van der Waals surface area (Å²) in [6.45, 7) is 1.94. The molecule has 0 bridgehead atoms. The summed E-state index contributed by atoms with van der Waals surface area (Å²) in [7, 11) is 0. The van der Waals surface area contributed by atoms with E-state index in [0.717, 1.165) is 5.56 Å². The Morgan fingerprint density at radius 3 is 2.33 bits per heavy atom. The topological polar surface area (TPSA) is 125 Å². The molecule has 0 unspecified atom stereocenters. The van der Waals surface area contributed by atoms with Crippen molar-refractivity contribution in [2.75, 3.05) is 22.1 Å². The van der Waals surface area contributed by atoms with Crippen LogP contribution in [0.2, 0.25) is 0 Å². The van der Waals surface area contributed by atoms with Crippen LogP contribution in [0.1, 0.15) is 22.5 Å². The molecule has 36 heavy (non-hydrogen) atoms. The van der Waals surface area contributed by atoms with Crippen LogP contribution in [-0.4, -0.2) is 34.7 Å². The van der Waals surface area contributed by atoms with Crippen molar-refractivity contribution in [3.05, 3.63) is 96.3 Å². The summed E-state index contributed by atoms with van der Waals surface area (Å²) in [5, 5.41) is 18.6. The van der Waals surface area contributed by atoms with Crippen LogP contribution in [0.4, 0.5) is 21.9 Å². The summed E-state index contributed by atoms with van der Waals surface area (Å²) >= 11 is 0. The summed E-state index contributed by atoms with van der Waals surface area (Å²) in [6, 6.07) is 24.2. The summed E-state index contributed by atoms with van der Waals surface area (Å²) in [4.78, 5) is 38.0. The van der Waals surface area contributed by atoms with Gasteiger partial charge in [0.25, 0.3) is 5.91 Å². The summed E-state index contributed by atoms with van der Waals surface area (Å²) in [6.07, 6.45) is -0.222. The number of rotatable bonds is 8. The standard InChI is InChI=1S/C27H24N4O5/c1-18-10-12-20(13-11-18)28-27(35)29-21-7-5-6-19(16-21)23-17-24(36-30-23)26(34)31(15-14-25(32)33)22-8-3-2-4-9-22/h2-13,16-17H,14-15H2,1H3,(H,32,33)(H2,28,29,35). The van der Waals surface area contributed by atoms with Gasteiger partial charge in [0.05, 0.1) is 6.42 Å². The summed E-state index contributed by atoms with van der Waals surface area (Å²) < 4.78 is 5.31. The van der Waals surface area contributed by atoms with Crippen molar-refractivity contribution in [3.8, 4) is 11.3 Å². The molecule has 4 rings (SSSR count). The van der Waals surface area contributed by atoms with Crippen molar-refractivity contribution in [1.82, 2.24) is 5.16 Å². The molecule has 0 atom stereocenters. The minimum atomic E-state index is -1.02. The second kappa shape index (κ2) is 11.0. The quantitative estimate of drug-likeness (QED) is 0.307. The van der Waals surface area contributed by atoms with E-state index in [1.54, 1.807) is 54.6 Å². The number of nitrogens with one attached hydrogen (secondary N) is 2. The molecule has 4 aromatic rings. The lowest BCUT2D eigenvalue weighted by molar-refractivity contribution is -0.136. The van der Waals surface area contributed by atoms with Gasteiger partial charge in [-0.05, 0) is 43.3 Å². The number of benzene rings is 3. The molecule has 182 valence electrons. The molecule has 1 aromatic heterocycles. The number of para-hydroxylation sites is 1. The number of carboxylic acid groups (broad SMARTS) is 1. The first-order valence-electron chi connectivity index (χ1n) is 11.2. The number of aliphatic carboxylic acids is 1. The van der Waals surface area contributed by atoms with Crippen molar-refractivity contribution in [1.29, 1.82) is 0 Å². The van der Waals surface area contributed by atoms with Crippen LogP contribution >= 0.6 is 0 Å². The number of carbonyl (C=O) groups excluding carboxylic acids is 2. The lowest BCUT2D eigenvalue weighted by Crippen LogP contribution is -2.32. The van der Waals surface area contributed by atoms with Crippen molar-refractivity contribution in [2.45, 2.75) is 13.3 Å². The number of carboxylic acids is 1. The van der Waals surface area contributed by atoms with Gasteiger partial charge < -0.3 is 25.2 Å². The zero-order valence-corrected chi connectivity index (χ0v) is 19.5. The number of anilines is 3. The Labute approximate surface area is 207 Å². The Kier molecular flexibility index (Phi) is 7.40. The summed E-state index contributed by atoms with van der Waals surface area (Å²) in [5.41, 5.74) is 3.86. The van der Waals surface area contributed by atoms with Crippen LogP contribution in [-0.2, 0) is 4.79 Å². The lowest BCUT2D eigenvalue weighted by Gasteiger charge is -2.20. The number of aromatic nitrogens is 1. The second-order valence-corrected chi connectivity index (χ2v) is 8.04. The smallest absolute Gasteiger partial charge is 0.323 e. The highest BCUT2D eigenvalue weighted by Crippen LogP contribution is 2.25. The predicted octanol–water partition coefficient (Wildman–Crippen LogP) is 5.42. The van der Waals surface area contributed by atoms with E-state index in [9.17, 15) is 14.4 Å². The van der Waals surface area contributed by atoms with Gasteiger partial charge in [0.2, 0.25) is 5.76 Å². The first kappa shape index (κ1) is 24.2. The molecule has 3 amide bonds. The number of hydrogen-bond acceptors (Lipinski definition) is 5. The van der Waals surface area contributed by atoms with Crippen molar-refractivity contribution < 1.29 is 24.0 Å². The number of hydrogen-bond donors (Lipinski definition) is 3. The monoisotopic (exact) mass is 484 g/mol. The Balaban J connectivity index is 1.48. The molecule has 0 aliphatic rings. The highest BCUT2D eigenvalue weighted by Gasteiger charge is 2.23. The van der Waals surface area contributed by atoms with Gasteiger partial charge in [-0.3, -0.25) is 9.59 Å². The molecule has 0 aliphatic carbocycles. The third-order valence-electron chi connectivity index (χ3n) is 5.31. The van der Waals surface area contributed by atoms with E-state index in [-0.39, 0.29) is 18.7 Å². The Morgan fingerprint density at radius 2 is 1.61 bits per heavy atom. The minimum absolute atomic E-state index is 0.0241. The highest BCUT2D eigenvalue weighted by molar-refractivity contribution is 6.05. The Hall–Kier alpha value is -4.92. The molecule has 9 heteroatoms. The lowest BCUT2D eigenvalue weighted by atomic mass is 10.1. The van der Waals surface area contributed by atoms with Crippen LogP contribution in [0.5, 0.6) is 0 Å². The molecule has 3 N–H and O–H groups in total. The van der Waals surface area contributed by atoms with E-state index in [0.29, 0.717) is 28.3 Å². The molecule has 1 heterocycles. The normalized spacial score (nSPS) is 10.5. The number of carbonyl (C=O) groups is 3. The third kappa shape index (κ3) is 6.15. The van der Waals surface area contributed by atoms with Gasteiger partial charge in [0.1, 0.15) is 5.69 Å². The molecule has 0 radical (unpaired) electrons. The Morgan fingerprint density at radius 1 is 0.889 bits per heavy atom. The molecule has 0 spiro atoms. The Bertz CT molecular complexity index is 1370. The first-order valence-corrected chi connectivity index (χ1v) is 11.2. The number of amides is 3. The fourth-order valence-corrected chi connectivity index (χ4v) is 3.49. The largest absolute Gasteiger partial charge is 0.481 e.